The number of hydrogen-bond acceptors (Lipinski definition) is 2. The first kappa shape index (κ1) is 13.3. The van der Waals surface area contributed by atoms with Crippen molar-refractivity contribution in [1.82, 2.24) is 0 Å². The van der Waals surface area contributed by atoms with Crippen LogP contribution in [0.15, 0.2) is 40.9 Å². The molecule has 0 saturated heterocycles. The van der Waals surface area contributed by atoms with Gasteiger partial charge in [0.25, 0.3) is 0 Å². The minimum absolute atomic E-state index is 0.174. The number of Topliss-reactive ketones (excluding diaryl/α,β-unsaturated/α-hetero) is 1. The van der Waals surface area contributed by atoms with Crippen LogP contribution in [0.4, 0.5) is 4.39 Å². The van der Waals surface area contributed by atoms with Crippen LogP contribution in [0.5, 0.6) is 5.75 Å². The van der Waals surface area contributed by atoms with Gasteiger partial charge in [-0.15, -0.1) is 0 Å². The predicted octanol–water partition coefficient (Wildman–Crippen LogP) is 4.30. The van der Waals surface area contributed by atoms with Crippen molar-refractivity contribution >= 4 is 21.7 Å². The fraction of sp³-hybridized carbons (Fsp3) is 0.188. The van der Waals surface area contributed by atoms with E-state index in [0.717, 1.165) is 28.9 Å². The van der Waals surface area contributed by atoms with Crippen molar-refractivity contribution in [3.05, 3.63) is 63.4 Å². The van der Waals surface area contributed by atoms with Crippen molar-refractivity contribution in [3.8, 4) is 5.75 Å². The maximum atomic E-state index is 13.0. The third-order valence-corrected chi connectivity index (χ3v) is 4.17. The topological polar surface area (TPSA) is 26.3 Å². The van der Waals surface area contributed by atoms with Crippen LogP contribution in [-0.2, 0) is 13.0 Å². The highest BCUT2D eigenvalue weighted by Gasteiger charge is 2.22. The number of benzene rings is 2. The minimum Gasteiger partial charge on any atom is -0.489 e. The third kappa shape index (κ3) is 2.48. The van der Waals surface area contributed by atoms with Gasteiger partial charge in [0.2, 0.25) is 0 Å². The van der Waals surface area contributed by atoms with Gasteiger partial charge in [0.05, 0.1) is 0 Å². The first-order valence-corrected chi connectivity index (χ1v) is 7.16. The summed E-state index contributed by atoms with van der Waals surface area (Å²) in [6.07, 6.45) is 1.28. The number of ether oxygens (including phenoxy) is 1. The summed E-state index contributed by atoms with van der Waals surface area (Å²) in [7, 11) is 0. The lowest BCUT2D eigenvalue weighted by Gasteiger charge is -2.11. The molecule has 1 aliphatic carbocycles. The molecule has 0 N–H and O–H groups in total. The number of hydrogen-bond donors (Lipinski definition) is 0. The number of halogens is 2. The van der Waals surface area contributed by atoms with Gasteiger partial charge in [0.1, 0.15) is 18.2 Å². The molecule has 102 valence electrons. The van der Waals surface area contributed by atoms with Crippen molar-refractivity contribution in [2.24, 2.45) is 0 Å². The van der Waals surface area contributed by atoms with E-state index in [0.29, 0.717) is 17.5 Å². The average Bonchev–Trinajstić information content (AvgIpc) is 2.80. The molecule has 3 rings (SSSR count). The fourth-order valence-electron chi connectivity index (χ4n) is 2.39. The molecule has 0 fully saturated rings. The standard InChI is InChI=1S/C16H12BrFO2/c17-14-8-11(18)5-4-10(14)9-20-16-3-1-2-12-13(16)6-7-15(12)19/h1-5,8H,6-7,9H2. The van der Waals surface area contributed by atoms with E-state index >= 15 is 0 Å². The van der Waals surface area contributed by atoms with Crippen LogP contribution in [0.2, 0.25) is 0 Å². The third-order valence-electron chi connectivity index (χ3n) is 3.43. The number of carbonyl (C=O) groups excluding carboxylic acids is 1. The second-order valence-electron chi connectivity index (χ2n) is 4.73. The van der Waals surface area contributed by atoms with Crippen molar-refractivity contribution in [1.29, 1.82) is 0 Å². The smallest absolute Gasteiger partial charge is 0.163 e. The molecular weight excluding hydrogens is 323 g/mol. The maximum Gasteiger partial charge on any atom is 0.163 e. The van der Waals surface area contributed by atoms with Crippen LogP contribution in [0.1, 0.15) is 27.9 Å². The predicted molar refractivity (Wildman–Crippen MR) is 77.5 cm³/mol. The van der Waals surface area contributed by atoms with Crippen LogP contribution in [0, 0.1) is 5.82 Å². The van der Waals surface area contributed by atoms with E-state index in [1.165, 1.54) is 12.1 Å². The van der Waals surface area contributed by atoms with Gasteiger partial charge in [-0.25, -0.2) is 4.39 Å². The van der Waals surface area contributed by atoms with E-state index in [2.05, 4.69) is 15.9 Å². The van der Waals surface area contributed by atoms with Crippen LogP contribution >= 0.6 is 15.9 Å². The highest BCUT2D eigenvalue weighted by atomic mass is 79.9. The Balaban J connectivity index is 1.81. The van der Waals surface area contributed by atoms with Gasteiger partial charge in [-0.1, -0.05) is 34.1 Å². The highest BCUT2D eigenvalue weighted by molar-refractivity contribution is 9.10. The summed E-state index contributed by atoms with van der Waals surface area (Å²) in [6, 6.07) is 10.0. The maximum absolute atomic E-state index is 13.0. The number of ketones is 1. The molecule has 0 radical (unpaired) electrons. The summed E-state index contributed by atoms with van der Waals surface area (Å²) < 4.78 is 19.5. The molecule has 0 atom stereocenters. The first-order valence-electron chi connectivity index (χ1n) is 6.37. The van der Waals surface area contributed by atoms with E-state index in [-0.39, 0.29) is 11.6 Å². The second-order valence-corrected chi connectivity index (χ2v) is 5.58. The Morgan fingerprint density at radius 1 is 1.20 bits per heavy atom. The number of rotatable bonds is 3. The van der Waals surface area contributed by atoms with Gasteiger partial charge >= 0.3 is 0 Å². The summed E-state index contributed by atoms with van der Waals surface area (Å²) in [5.41, 5.74) is 2.62. The molecule has 0 aliphatic heterocycles. The summed E-state index contributed by atoms with van der Waals surface area (Å²) in [5.74, 6) is 0.629. The quantitative estimate of drug-likeness (QED) is 0.836. The largest absolute Gasteiger partial charge is 0.489 e. The molecule has 0 spiro atoms. The molecule has 2 aromatic carbocycles. The Hall–Kier alpha value is -1.68. The number of fused-ring (bicyclic) bond motifs is 1. The van der Waals surface area contributed by atoms with Gasteiger partial charge in [-0.3, -0.25) is 4.79 Å². The molecule has 0 bridgehead atoms. The van der Waals surface area contributed by atoms with Crippen LogP contribution in [0.25, 0.3) is 0 Å². The van der Waals surface area contributed by atoms with Crippen LogP contribution < -0.4 is 4.74 Å². The average molecular weight is 335 g/mol. The molecule has 1 aliphatic rings. The molecule has 4 heteroatoms. The Morgan fingerprint density at radius 3 is 2.85 bits per heavy atom. The lowest BCUT2D eigenvalue weighted by molar-refractivity contribution is 0.0994. The summed E-state index contributed by atoms with van der Waals surface area (Å²) >= 11 is 3.32. The summed E-state index contributed by atoms with van der Waals surface area (Å²) in [6.45, 7) is 0.339. The monoisotopic (exact) mass is 334 g/mol. The lowest BCUT2D eigenvalue weighted by Crippen LogP contribution is -2.00. The Morgan fingerprint density at radius 2 is 2.05 bits per heavy atom. The van der Waals surface area contributed by atoms with Gasteiger partial charge in [0, 0.05) is 27.6 Å². The van der Waals surface area contributed by atoms with E-state index in [1.807, 2.05) is 18.2 Å². The minimum atomic E-state index is -0.285. The Bertz CT molecular complexity index is 682. The van der Waals surface area contributed by atoms with Crippen molar-refractivity contribution in [2.75, 3.05) is 0 Å². The van der Waals surface area contributed by atoms with E-state index < -0.39 is 0 Å². The molecule has 0 heterocycles. The van der Waals surface area contributed by atoms with Crippen molar-refractivity contribution in [3.63, 3.8) is 0 Å². The van der Waals surface area contributed by atoms with Gasteiger partial charge in [-0.2, -0.15) is 0 Å². The van der Waals surface area contributed by atoms with E-state index in [9.17, 15) is 9.18 Å². The van der Waals surface area contributed by atoms with Crippen LogP contribution in [0.3, 0.4) is 0 Å². The highest BCUT2D eigenvalue weighted by Crippen LogP contribution is 2.31. The van der Waals surface area contributed by atoms with E-state index in [4.69, 9.17) is 4.74 Å². The van der Waals surface area contributed by atoms with Crippen molar-refractivity contribution in [2.45, 2.75) is 19.4 Å². The zero-order valence-corrected chi connectivity index (χ0v) is 12.2. The molecular formula is C16H12BrFO2. The van der Waals surface area contributed by atoms with Gasteiger partial charge in [-0.05, 0) is 24.6 Å². The summed E-state index contributed by atoms with van der Waals surface area (Å²) in [5, 5.41) is 0. The Labute approximate surface area is 124 Å². The van der Waals surface area contributed by atoms with E-state index in [1.54, 1.807) is 6.07 Å². The van der Waals surface area contributed by atoms with Gasteiger partial charge in [0.15, 0.2) is 5.78 Å². The molecule has 0 amide bonds. The molecule has 0 aromatic heterocycles. The first-order chi connectivity index (χ1) is 9.65. The van der Waals surface area contributed by atoms with Crippen LogP contribution in [-0.4, -0.2) is 5.78 Å². The normalized spacial score (nSPS) is 13.4. The number of carbonyl (C=O) groups is 1. The zero-order chi connectivity index (χ0) is 14.1. The lowest BCUT2D eigenvalue weighted by atomic mass is 10.1. The molecule has 0 unspecified atom stereocenters. The van der Waals surface area contributed by atoms with Gasteiger partial charge < -0.3 is 4.74 Å². The molecule has 20 heavy (non-hydrogen) atoms. The SMILES string of the molecule is O=C1CCc2c(OCc3ccc(F)cc3Br)cccc21. The fourth-order valence-corrected chi connectivity index (χ4v) is 2.85. The Kier molecular flexibility index (Phi) is 3.57. The summed E-state index contributed by atoms with van der Waals surface area (Å²) in [4.78, 5) is 11.7. The second kappa shape index (κ2) is 5.37. The molecule has 0 saturated carbocycles. The molecule has 2 nitrogen and oxygen atoms in total. The molecule has 2 aromatic rings. The zero-order valence-electron chi connectivity index (χ0n) is 10.7. The van der Waals surface area contributed by atoms with Crippen molar-refractivity contribution < 1.29 is 13.9 Å².